The molecule has 0 bridgehead atoms. The number of imidazole rings is 1. The number of aromatic nitrogens is 7. The standard InChI is InChI=1S/C20H17FN8.ClH/c1-28-9-8-16(27-28)20-19(13-6-7-18-23-12-24-29(18)11-13)25-17(26-20)10-22-15-5-3-2-4-14(15)21;/h2-9,11-12,22H,10H2,1H3,(H,25,26);1H. The third-order valence-electron chi connectivity index (χ3n) is 4.59. The SMILES string of the molecule is Cl.Cn1ccc(-c2[nH]c(CNc3ccccc3F)nc2-c2ccc3ncnn3c2)n1. The maximum absolute atomic E-state index is 13.9. The third kappa shape index (κ3) is 3.62. The summed E-state index contributed by atoms with van der Waals surface area (Å²) in [5.74, 6) is 0.364. The van der Waals surface area contributed by atoms with Crippen LogP contribution in [0.2, 0.25) is 0 Å². The van der Waals surface area contributed by atoms with Gasteiger partial charge in [0.2, 0.25) is 0 Å². The number of fused-ring (bicyclic) bond motifs is 1. The van der Waals surface area contributed by atoms with E-state index in [-0.39, 0.29) is 18.2 Å². The molecule has 0 saturated carbocycles. The van der Waals surface area contributed by atoms with Gasteiger partial charge in [0, 0.05) is 25.0 Å². The minimum Gasteiger partial charge on any atom is -0.375 e. The molecule has 0 aliphatic heterocycles. The Kier molecular flexibility index (Phi) is 5.20. The predicted molar refractivity (Wildman–Crippen MR) is 114 cm³/mol. The molecule has 0 spiro atoms. The fourth-order valence-electron chi connectivity index (χ4n) is 3.19. The van der Waals surface area contributed by atoms with Gasteiger partial charge in [-0.3, -0.25) is 4.68 Å². The van der Waals surface area contributed by atoms with E-state index in [1.165, 1.54) is 12.4 Å². The van der Waals surface area contributed by atoms with Crippen LogP contribution in [0.25, 0.3) is 28.3 Å². The van der Waals surface area contributed by atoms with Crippen LogP contribution in [-0.2, 0) is 13.6 Å². The first-order valence-electron chi connectivity index (χ1n) is 9.04. The summed E-state index contributed by atoms with van der Waals surface area (Å²) in [7, 11) is 1.86. The smallest absolute Gasteiger partial charge is 0.155 e. The first-order chi connectivity index (χ1) is 14.2. The zero-order valence-corrected chi connectivity index (χ0v) is 16.8. The molecule has 0 unspecified atom stereocenters. The number of benzene rings is 1. The number of aryl methyl sites for hydroxylation is 1. The fraction of sp³-hybridized carbons (Fsp3) is 0.100. The van der Waals surface area contributed by atoms with Crippen molar-refractivity contribution in [2.75, 3.05) is 5.32 Å². The Bertz CT molecular complexity index is 1310. The number of anilines is 1. The van der Waals surface area contributed by atoms with Crippen molar-refractivity contribution in [1.82, 2.24) is 34.3 Å². The van der Waals surface area contributed by atoms with Crippen molar-refractivity contribution in [1.29, 1.82) is 0 Å². The molecule has 2 N–H and O–H groups in total. The van der Waals surface area contributed by atoms with Gasteiger partial charge in [-0.2, -0.15) is 10.2 Å². The summed E-state index contributed by atoms with van der Waals surface area (Å²) >= 11 is 0. The lowest BCUT2D eigenvalue weighted by molar-refractivity contribution is 0.630. The fourth-order valence-corrected chi connectivity index (χ4v) is 3.19. The Morgan fingerprint density at radius 1 is 1.13 bits per heavy atom. The van der Waals surface area contributed by atoms with E-state index in [4.69, 9.17) is 4.98 Å². The third-order valence-corrected chi connectivity index (χ3v) is 4.59. The molecule has 30 heavy (non-hydrogen) atoms. The predicted octanol–water partition coefficient (Wildman–Crippen LogP) is 3.69. The molecule has 0 aliphatic rings. The van der Waals surface area contributed by atoms with Gasteiger partial charge in [0.1, 0.15) is 23.7 Å². The second-order valence-electron chi connectivity index (χ2n) is 6.60. The molecule has 0 fully saturated rings. The van der Waals surface area contributed by atoms with Crippen LogP contribution in [0.3, 0.4) is 0 Å². The minimum absolute atomic E-state index is 0. The Morgan fingerprint density at radius 2 is 2.00 bits per heavy atom. The van der Waals surface area contributed by atoms with E-state index in [0.717, 1.165) is 28.3 Å². The molecule has 4 heterocycles. The van der Waals surface area contributed by atoms with Crippen LogP contribution in [0.5, 0.6) is 0 Å². The maximum Gasteiger partial charge on any atom is 0.155 e. The lowest BCUT2D eigenvalue weighted by Gasteiger charge is -2.04. The quantitative estimate of drug-likeness (QED) is 0.449. The van der Waals surface area contributed by atoms with Crippen LogP contribution < -0.4 is 5.32 Å². The minimum atomic E-state index is -0.305. The Labute approximate surface area is 177 Å². The molecule has 4 aromatic heterocycles. The highest BCUT2D eigenvalue weighted by atomic mass is 35.5. The van der Waals surface area contributed by atoms with Gasteiger partial charge in [0.25, 0.3) is 0 Å². The van der Waals surface area contributed by atoms with E-state index in [0.29, 0.717) is 18.1 Å². The van der Waals surface area contributed by atoms with E-state index >= 15 is 0 Å². The van der Waals surface area contributed by atoms with Gasteiger partial charge in [0.15, 0.2) is 5.65 Å². The molecule has 8 nitrogen and oxygen atoms in total. The summed E-state index contributed by atoms with van der Waals surface area (Å²) in [5.41, 5.74) is 4.35. The molecule has 1 aromatic carbocycles. The highest BCUT2D eigenvalue weighted by Gasteiger charge is 2.17. The van der Waals surface area contributed by atoms with Crippen LogP contribution in [0.4, 0.5) is 10.1 Å². The zero-order chi connectivity index (χ0) is 19.8. The van der Waals surface area contributed by atoms with Gasteiger partial charge in [-0.05, 0) is 30.3 Å². The summed E-state index contributed by atoms with van der Waals surface area (Å²) in [6, 6.07) is 12.3. The van der Waals surface area contributed by atoms with Crippen molar-refractivity contribution in [2.24, 2.45) is 7.05 Å². The molecule has 10 heteroatoms. The molecule has 0 saturated heterocycles. The van der Waals surface area contributed by atoms with E-state index in [9.17, 15) is 4.39 Å². The second-order valence-corrected chi connectivity index (χ2v) is 6.60. The first kappa shape index (κ1) is 19.6. The molecule has 0 atom stereocenters. The van der Waals surface area contributed by atoms with Crippen molar-refractivity contribution >= 4 is 23.7 Å². The average molecular weight is 425 g/mol. The Morgan fingerprint density at radius 3 is 2.80 bits per heavy atom. The molecule has 0 aliphatic carbocycles. The summed E-state index contributed by atoms with van der Waals surface area (Å²) in [5, 5.41) is 11.8. The normalized spacial score (nSPS) is 10.9. The average Bonchev–Trinajstić information content (AvgIpc) is 3.45. The van der Waals surface area contributed by atoms with Crippen LogP contribution in [0.15, 0.2) is 61.2 Å². The van der Waals surface area contributed by atoms with Crippen molar-refractivity contribution in [3.05, 3.63) is 72.8 Å². The maximum atomic E-state index is 13.9. The summed E-state index contributed by atoms with van der Waals surface area (Å²) in [4.78, 5) is 12.3. The van der Waals surface area contributed by atoms with Crippen molar-refractivity contribution < 1.29 is 4.39 Å². The van der Waals surface area contributed by atoms with E-state index < -0.39 is 0 Å². The van der Waals surface area contributed by atoms with Crippen LogP contribution >= 0.6 is 12.4 Å². The molecule has 5 aromatic rings. The number of halogens is 2. The summed E-state index contributed by atoms with van der Waals surface area (Å²) in [6.07, 6.45) is 5.25. The topological polar surface area (TPSA) is 88.7 Å². The molecular formula is C20H18ClFN8. The molecule has 152 valence electrons. The molecule has 0 radical (unpaired) electrons. The van der Waals surface area contributed by atoms with Crippen LogP contribution in [-0.4, -0.2) is 34.3 Å². The monoisotopic (exact) mass is 424 g/mol. The number of nitrogens with one attached hydrogen (secondary N) is 2. The number of aromatic amines is 1. The van der Waals surface area contributed by atoms with Gasteiger partial charge in [-0.25, -0.2) is 18.9 Å². The number of H-pyrrole nitrogens is 1. The summed E-state index contributed by atoms with van der Waals surface area (Å²) in [6.45, 7) is 0.340. The van der Waals surface area contributed by atoms with Crippen molar-refractivity contribution in [3.63, 3.8) is 0 Å². The van der Waals surface area contributed by atoms with E-state index in [2.05, 4.69) is 25.5 Å². The zero-order valence-electron chi connectivity index (χ0n) is 16.0. The summed E-state index contributed by atoms with van der Waals surface area (Å²) < 4.78 is 17.3. The first-order valence-corrected chi connectivity index (χ1v) is 9.04. The lowest BCUT2D eigenvalue weighted by Crippen LogP contribution is -2.02. The molecule has 5 rings (SSSR count). The van der Waals surface area contributed by atoms with Gasteiger partial charge >= 0.3 is 0 Å². The number of hydrogen-bond acceptors (Lipinski definition) is 5. The largest absolute Gasteiger partial charge is 0.375 e. The van der Waals surface area contributed by atoms with Gasteiger partial charge in [-0.15, -0.1) is 12.4 Å². The molecular weight excluding hydrogens is 407 g/mol. The van der Waals surface area contributed by atoms with Crippen LogP contribution in [0, 0.1) is 5.82 Å². The number of pyridine rings is 1. The van der Waals surface area contributed by atoms with Crippen molar-refractivity contribution in [3.8, 4) is 22.6 Å². The van der Waals surface area contributed by atoms with Crippen molar-refractivity contribution in [2.45, 2.75) is 6.54 Å². The second kappa shape index (κ2) is 7.96. The van der Waals surface area contributed by atoms with Gasteiger partial charge < -0.3 is 10.3 Å². The Balaban J connectivity index is 0.00000218. The number of para-hydroxylation sites is 1. The number of hydrogen-bond donors (Lipinski definition) is 2. The van der Waals surface area contributed by atoms with Gasteiger partial charge in [-0.1, -0.05) is 12.1 Å². The highest BCUT2D eigenvalue weighted by Crippen LogP contribution is 2.29. The number of nitrogens with zero attached hydrogens (tertiary/aromatic N) is 6. The van der Waals surface area contributed by atoms with E-state index in [1.807, 2.05) is 37.6 Å². The van der Waals surface area contributed by atoms with E-state index in [1.54, 1.807) is 27.4 Å². The van der Waals surface area contributed by atoms with Crippen LogP contribution in [0.1, 0.15) is 5.82 Å². The van der Waals surface area contributed by atoms with Gasteiger partial charge in [0.05, 0.1) is 23.6 Å². The Hall–Kier alpha value is -3.72. The lowest BCUT2D eigenvalue weighted by atomic mass is 10.1. The highest BCUT2D eigenvalue weighted by molar-refractivity contribution is 5.85. The number of rotatable bonds is 5. The molecule has 0 amide bonds.